The van der Waals surface area contributed by atoms with Gasteiger partial charge in [-0.25, -0.2) is 0 Å². The molecule has 0 aliphatic carbocycles. The molecule has 1 heterocycles. The maximum absolute atomic E-state index is 6.00. The van der Waals surface area contributed by atoms with Gasteiger partial charge in [0.25, 0.3) is 0 Å². The lowest BCUT2D eigenvalue weighted by molar-refractivity contribution is 0.107. The number of anilines is 1. The van der Waals surface area contributed by atoms with Crippen LogP contribution in [-0.2, 0) is 0 Å². The fraction of sp³-hybridized carbons (Fsp3) is 0.455. The van der Waals surface area contributed by atoms with Gasteiger partial charge in [-0.2, -0.15) is 0 Å². The predicted molar refractivity (Wildman–Crippen MR) is 69.7 cm³/mol. The minimum Gasteiger partial charge on any atom is -0.484 e. The quantitative estimate of drug-likeness (QED) is 0.768. The lowest BCUT2D eigenvalue weighted by atomic mass is 10.1. The molecule has 0 bridgehead atoms. The van der Waals surface area contributed by atoms with Crippen LogP contribution in [0.4, 0.5) is 5.69 Å². The first-order valence-corrected chi connectivity index (χ1v) is 6.48. The molecule has 1 N–H and O–H groups in total. The van der Waals surface area contributed by atoms with Crippen molar-refractivity contribution in [2.75, 3.05) is 11.9 Å². The minimum atomic E-state index is -0.116. The van der Waals surface area contributed by atoms with Crippen molar-refractivity contribution in [3.05, 3.63) is 21.1 Å². The van der Waals surface area contributed by atoms with Crippen LogP contribution in [0.5, 0.6) is 5.75 Å². The zero-order valence-electron chi connectivity index (χ0n) is 8.73. The Balaban J connectivity index is 2.47. The standard InChI is InChI=1S/C11H13Br2NO/c1-11(2)3-4-14-9-6-7(12)5-8(13)10(9)15-11/h5-6,14H,3-4H2,1-2H3. The molecule has 15 heavy (non-hydrogen) atoms. The maximum Gasteiger partial charge on any atom is 0.157 e. The van der Waals surface area contributed by atoms with Crippen LogP contribution < -0.4 is 10.1 Å². The summed E-state index contributed by atoms with van der Waals surface area (Å²) in [5, 5.41) is 3.38. The molecule has 0 saturated heterocycles. The molecular formula is C11H13Br2NO. The fourth-order valence-electron chi connectivity index (χ4n) is 1.62. The molecule has 0 atom stereocenters. The molecule has 0 unspecified atom stereocenters. The topological polar surface area (TPSA) is 21.3 Å². The number of ether oxygens (including phenoxy) is 1. The van der Waals surface area contributed by atoms with Crippen molar-refractivity contribution in [3.63, 3.8) is 0 Å². The van der Waals surface area contributed by atoms with Crippen LogP contribution in [0.2, 0.25) is 0 Å². The van der Waals surface area contributed by atoms with Gasteiger partial charge >= 0.3 is 0 Å². The Bertz CT molecular complexity index is 390. The van der Waals surface area contributed by atoms with Crippen molar-refractivity contribution in [3.8, 4) is 5.75 Å². The molecule has 1 aliphatic heterocycles. The highest BCUT2D eigenvalue weighted by Gasteiger charge is 2.25. The number of benzene rings is 1. The van der Waals surface area contributed by atoms with Gasteiger partial charge in [0.1, 0.15) is 5.60 Å². The van der Waals surface area contributed by atoms with Gasteiger partial charge in [0.05, 0.1) is 10.2 Å². The van der Waals surface area contributed by atoms with Crippen LogP contribution in [0.3, 0.4) is 0 Å². The summed E-state index contributed by atoms with van der Waals surface area (Å²) in [6.07, 6.45) is 0.992. The summed E-state index contributed by atoms with van der Waals surface area (Å²) in [5.41, 5.74) is 0.927. The smallest absolute Gasteiger partial charge is 0.157 e. The molecule has 0 saturated carbocycles. The molecule has 0 radical (unpaired) electrons. The van der Waals surface area contributed by atoms with Crippen molar-refractivity contribution >= 4 is 37.5 Å². The van der Waals surface area contributed by atoms with E-state index in [1.54, 1.807) is 0 Å². The second-order valence-electron chi connectivity index (χ2n) is 4.30. The third-order valence-corrected chi connectivity index (χ3v) is 3.48. The van der Waals surface area contributed by atoms with Crippen LogP contribution in [0, 0.1) is 0 Å². The molecule has 1 aromatic rings. The van der Waals surface area contributed by atoms with Crippen molar-refractivity contribution < 1.29 is 4.74 Å². The number of hydrogen-bond acceptors (Lipinski definition) is 2. The van der Waals surface area contributed by atoms with E-state index >= 15 is 0 Å². The molecule has 2 nitrogen and oxygen atoms in total. The predicted octanol–water partition coefficient (Wildman–Crippen LogP) is 4.18. The first kappa shape index (κ1) is 11.3. The number of halogens is 2. The first-order chi connectivity index (χ1) is 6.98. The lowest BCUT2D eigenvalue weighted by Gasteiger charge is -2.24. The molecule has 1 aromatic carbocycles. The van der Waals surface area contributed by atoms with Gasteiger partial charge in [0.15, 0.2) is 5.75 Å². The first-order valence-electron chi connectivity index (χ1n) is 4.90. The van der Waals surface area contributed by atoms with Gasteiger partial charge in [-0.15, -0.1) is 0 Å². The Labute approximate surface area is 107 Å². The van der Waals surface area contributed by atoms with Gasteiger partial charge in [-0.3, -0.25) is 0 Å². The van der Waals surface area contributed by atoms with Crippen molar-refractivity contribution in [2.24, 2.45) is 0 Å². The van der Waals surface area contributed by atoms with E-state index in [0.717, 1.165) is 33.3 Å². The lowest BCUT2D eigenvalue weighted by Crippen LogP contribution is -2.28. The maximum atomic E-state index is 6.00. The Morgan fingerprint density at radius 1 is 1.33 bits per heavy atom. The third-order valence-electron chi connectivity index (χ3n) is 2.43. The summed E-state index contributed by atoms with van der Waals surface area (Å²) in [4.78, 5) is 0. The van der Waals surface area contributed by atoms with E-state index in [-0.39, 0.29) is 5.60 Å². The van der Waals surface area contributed by atoms with Crippen molar-refractivity contribution in [1.82, 2.24) is 0 Å². The Morgan fingerprint density at radius 2 is 2.07 bits per heavy atom. The normalized spacial score (nSPS) is 18.4. The second-order valence-corrected chi connectivity index (χ2v) is 6.07. The van der Waals surface area contributed by atoms with E-state index in [4.69, 9.17) is 4.74 Å². The van der Waals surface area contributed by atoms with E-state index in [9.17, 15) is 0 Å². The van der Waals surface area contributed by atoms with Gasteiger partial charge in [-0.1, -0.05) is 15.9 Å². The molecular weight excluding hydrogens is 322 g/mol. The van der Waals surface area contributed by atoms with Crippen LogP contribution in [0.1, 0.15) is 20.3 Å². The van der Waals surface area contributed by atoms with Crippen molar-refractivity contribution in [2.45, 2.75) is 25.9 Å². The van der Waals surface area contributed by atoms with E-state index in [0.29, 0.717) is 0 Å². The molecule has 0 amide bonds. The van der Waals surface area contributed by atoms with Gasteiger partial charge < -0.3 is 10.1 Å². The van der Waals surface area contributed by atoms with E-state index in [1.165, 1.54) is 0 Å². The van der Waals surface area contributed by atoms with Crippen LogP contribution >= 0.6 is 31.9 Å². The highest BCUT2D eigenvalue weighted by molar-refractivity contribution is 9.11. The van der Waals surface area contributed by atoms with Gasteiger partial charge in [0, 0.05) is 17.4 Å². The average molecular weight is 335 g/mol. The van der Waals surface area contributed by atoms with E-state index in [1.807, 2.05) is 12.1 Å². The molecule has 2 rings (SSSR count). The monoisotopic (exact) mass is 333 g/mol. The minimum absolute atomic E-state index is 0.116. The zero-order valence-corrected chi connectivity index (χ0v) is 11.9. The highest BCUT2D eigenvalue weighted by atomic mass is 79.9. The van der Waals surface area contributed by atoms with Gasteiger partial charge in [-0.05, 0) is 41.9 Å². The van der Waals surface area contributed by atoms with Crippen LogP contribution in [-0.4, -0.2) is 12.1 Å². The third kappa shape index (κ3) is 2.48. The number of hydrogen-bond donors (Lipinski definition) is 1. The molecule has 0 fully saturated rings. The molecule has 4 heteroatoms. The summed E-state index contributed by atoms with van der Waals surface area (Å²) < 4.78 is 8.03. The molecule has 82 valence electrons. The van der Waals surface area contributed by atoms with Crippen LogP contribution in [0.15, 0.2) is 21.1 Å². The summed E-state index contributed by atoms with van der Waals surface area (Å²) in [5.74, 6) is 0.903. The van der Waals surface area contributed by atoms with Crippen LogP contribution in [0.25, 0.3) is 0 Å². The summed E-state index contributed by atoms with van der Waals surface area (Å²) in [6, 6.07) is 4.05. The molecule has 1 aliphatic rings. The number of fused-ring (bicyclic) bond motifs is 1. The van der Waals surface area contributed by atoms with Gasteiger partial charge in [0.2, 0.25) is 0 Å². The average Bonchev–Trinajstić information content (AvgIpc) is 2.23. The highest BCUT2D eigenvalue weighted by Crippen LogP contribution is 2.40. The van der Waals surface area contributed by atoms with E-state index in [2.05, 4.69) is 51.0 Å². The summed E-state index contributed by atoms with van der Waals surface area (Å²) in [6.45, 7) is 5.15. The SMILES string of the molecule is CC1(C)CCNc2cc(Br)cc(Br)c2O1. The largest absolute Gasteiger partial charge is 0.484 e. The number of nitrogens with one attached hydrogen (secondary N) is 1. The zero-order chi connectivity index (χ0) is 11.1. The summed E-state index contributed by atoms with van der Waals surface area (Å²) >= 11 is 6.99. The molecule has 0 aromatic heterocycles. The second kappa shape index (κ2) is 3.98. The van der Waals surface area contributed by atoms with E-state index < -0.39 is 0 Å². The Hall–Kier alpha value is -0.220. The summed E-state index contributed by atoms with van der Waals surface area (Å²) in [7, 11) is 0. The Kier molecular flexibility index (Phi) is 2.99. The van der Waals surface area contributed by atoms with Crippen molar-refractivity contribution in [1.29, 1.82) is 0 Å². The Morgan fingerprint density at radius 3 is 2.80 bits per heavy atom. The number of rotatable bonds is 0. The molecule has 0 spiro atoms. The fourth-order valence-corrected chi connectivity index (χ4v) is 2.93.